The van der Waals surface area contributed by atoms with E-state index in [0.717, 1.165) is 59.6 Å². The molecule has 0 unspecified atom stereocenters. The number of aryl methyl sites for hydroxylation is 2. The Balaban J connectivity index is 1.44. The number of nitrogens with two attached hydrogens (primary N) is 1. The number of benzene rings is 1. The standard InChI is InChI=1S/C20H23N7/c1-12-3-4-15-16(13(12)2)26-19(25-15)20(21)6-9-27(10-7-20)18-14-5-8-22-17(14)23-11-24-18/h3-5,8,11H,6-7,9-10,21H2,1-2H3,(H,25,26)(H,22,23,24). The van der Waals surface area contributed by atoms with Crippen LogP contribution in [0.3, 0.4) is 0 Å². The van der Waals surface area contributed by atoms with Crippen molar-refractivity contribution in [3.63, 3.8) is 0 Å². The number of anilines is 1. The van der Waals surface area contributed by atoms with Gasteiger partial charge in [-0.2, -0.15) is 0 Å². The number of fused-ring (bicyclic) bond motifs is 2. The number of piperidine rings is 1. The molecule has 138 valence electrons. The lowest BCUT2D eigenvalue weighted by atomic mass is 9.88. The molecule has 4 aromatic rings. The average Bonchev–Trinajstić information content (AvgIpc) is 3.33. The molecule has 7 heteroatoms. The Bertz CT molecular complexity index is 1130. The SMILES string of the molecule is Cc1ccc2nc(C3(N)CCN(c4ncnc5[nH]ccc45)CC3)[nH]c2c1C. The topological polar surface area (TPSA) is 99.5 Å². The van der Waals surface area contributed by atoms with Crippen LogP contribution >= 0.6 is 0 Å². The fourth-order valence-electron chi connectivity index (χ4n) is 4.02. The van der Waals surface area contributed by atoms with Crippen LogP contribution in [0.15, 0.2) is 30.7 Å². The van der Waals surface area contributed by atoms with Gasteiger partial charge in [-0.1, -0.05) is 6.07 Å². The van der Waals surface area contributed by atoms with Gasteiger partial charge >= 0.3 is 0 Å². The molecule has 4 N–H and O–H groups in total. The van der Waals surface area contributed by atoms with Crippen LogP contribution < -0.4 is 10.6 Å². The first-order valence-corrected chi connectivity index (χ1v) is 9.33. The molecule has 0 bridgehead atoms. The third-order valence-electron chi connectivity index (χ3n) is 5.95. The molecular formula is C20H23N7. The molecule has 0 saturated carbocycles. The van der Waals surface area contributed by atoms with Crippen molar-refractivity contribution in [2.75, 3.05) is 18.0 Å². The molecular weight excluding hydrogens is 338 g/mol. The molecule has 5 rings (SSSR count). The molecule has 1 fully saturated rings. The van der Waals surface area contributed by atoms with Gasteiger partial charge in [0.05, 0.1) is 22.0 Å². The predicted octanol–water partition coefficient (Wildman–Crippen LogP) is 2.91. The predicted molar refractivity (Wildman–Crippen MR) is 107 cm³/mol. The highest BCUT2D eigenvalue weighted by molar-refractivity contribution is 5.87. The van der Waals surface area contributed by atoms with Crippen molar-refractivity contribution in [2.45, 2.75) is 32.2 Å². The Kier molecular flexibility index (Phi) is 3.48. The Morgan fingerprint density at radius 1 is 1.11 bits per heavy atom. The molecule has 7 nitrogen and oxygen atoms in total. The Morgan fingerprint density at radius 2 is 1.93 bits per heavy atom. The monoisotopic (exact) mass is 361 g/mol. The van der Waals surface area contributed by atoms with Gasteiger partial charge in [-0.3, -0.25) is 0 Å². The average molecular weight is 361 g/mol. The smallest absolute Gasteiger partial charge is 0.142 e. The second-order valence-electron chi connectivity index (χ2n) is 7.57. The quantitative estimate of drug-likeness (QED) is 0.510. The van der Waals surface area contributed by atoms with Crippen molar-refractivity contribution in [2.24, 2.45) is 5.73 Å². The lowest BCUT2D eigenvalue weighted by Gasteiger charge is -2.38. The first kappa shape index (κ1) is 16.3. The van der Waals surface area contributed by atoms with Crippen LogP contribution in [0, 0.1) is 13.8 Å². The van der Waals surface area contributed by atoms with Crippen molar-refractivity contribution < 1.29 is 0 Å². The van der Waals surface area contributed by atoms with Crippen molar-refractivity contribution in [3.8, 4) is 0 Å². The van der Waals surface area contributed by atoms with Crippen molar-refractivity contribution in [1.29, 1.82) is 0 Å². The minimum Gasteiger partial charge on any atom is -0.356 e. The van der Waals surface area contributed by atoms with E-state index in [1.807, 2.05) is 12.3 Å². The number of nitrogens with zero attached hydrogens (tertiary/aromatic N) is 4. The lowest BCUT2D eigenvalue weighted by molar-refractivity contribution is 0.327. The van der Waals surface area contributed by atoms with E-state index in [1.54, 1.807) is 6.33 Å². The maximum absolute atomic E-state index is 6.81. The van der Waals surface area contributed by atoms with Crippen LogP contribution in [0.2, 0.25) is 0 Å². The first-order valence-electron chi connectivity index (χ1n) is 9.33. The third kappa shape index (κ3) is 2.49. The van der Waals surface area contributed by atoms with E-state index in [9.17, 15) is 0 Å². The number of aromatic amines is 2. The number of nitrogens with one attached hydrogen (secondary N) is 2. The summed E-state index contributed by atoms with van der Waals surface area (Å²) in [5.74, 6) is 1.86. The van der Waals surface area contributed by atoms with Gasteiger partial charge in [0.25, 0.3) is 0 Å². The molecule has 0 spiro atoms. The van der Waals surface area contributed by atoms with Gasteiger partial charge < -0.3 is 20.6 Å². The van der Waals surface area contributed by atoms with Crippen LogP contribution in [0.25, 0.3) is 22.1 Å². The molecule has 3 aromatic heterocycles. The summed E-state index contributed by atoms with van der Waals surface area (Å²) in [5, 5.41) is 1.05. The molecule has 1 aromatic carbocycles. The number of imidazole rings is 1. The second kappa shape index (κ2) is 5.79. The summed E-state index contributed by atoms with van der Waals surface area (Å²) in [5.41, 5.74) is 11.8. The number of H-pyrrole nitrogens is 2. The Hall–Kier alpha value is -2.93. The molecule has 0 atom stereocenters. The number of aromatic nitrogens is 5. The zero-order valence-corrected chi connectivity index (χ0v) is 15.6. The highest BCUT2D eigenvalue weighted by atomic mass is 15.2. The van der Waals surface area contributed by atoms with Gasteiger partial charge in [0.1, 0.15) is 23.6 Å². The molecule has 0 aliphatic carbocycles. The molecule has 1 saturated heterocycles. The van der Waals surface area contributed by atoms with Crippen LogP contribution in [-0.4, -0.2) is 38.0 Å². The van der Waals surface area contributed by atoms with E-state index in [-0.39, 0.29) is 0 Å². The van der Waals surface area contributed by atoms with E-state index >= 15 is 0 Å². The summed E-state index contributed by atoms with van der Waals surface area (Å²) in [6.07, 6.45) is 5.16. The molecule has 1 aliphatic heterocycles. The van der Waals surface area contributed by atoms with E-state index in [2.05, 4.69) is 50.8 Å². The normalized spacial score (nSPS) is 17.1. The van der Waals surface area contributed by atoms with E-state index in [0.29, 0.717) is 0 Å². The first-order chi connectivity index (χ1) is 13.0. The van der Waals surface area contributed by atoms with E-state index in [1.165, 1.54) is 11.1 Å². The van der Waals surface area contributed by atoms with Crippen molar-refractivity contribution in [1.82, 2.24) is 24.9 Å². The second-order valence-corrected chi connectivity index (χ2v) is 7.57. The fourth-order valence-corrected chi connectivity index (χ4v) is 4.02. The number of hydrogen-bond donors (Lipinski definition) is 3. The van der Waals surface area contributed by atoms with Crippen molar-refractivity contribution >= 4 is 27.9 Å². The van der Waals surface area contributed by atoms with Crippen LogP contribution in [-0.2, 0) is 5.54 Å². The highest BCUT2D eigenvalue weighted by Gasteiger charge is 2.36. The zero-order chi connectivity index (χ0) is 18.6. The van der Waals surface area contributed by atoms with Gasteiger partial charge in [-0.25, -0.2) is 15.0 Å². The summed E-state index contributed by atoms with van der Waals surface area (Å²) in [4.78, 5) is 22.6. The molecule has 0 radical (unpaired) electrons. The summed E-state index contributed by atoms with van der Waals surface area (Å²) >= 11 is 0. The lowest BCUT2D eigenvalue weighted by Crippen LogP contribution is -2.49. The van der Waals surface area contributed by atoms with Crippen LogP contribution in [0.1, 0.15) is 29.8 Å². The van der Waals surface area contributed by atoms with E-state index in [4.69, 9.17) is 10.7 Å². The molecule has 1 aliphatic rings. The Labute approximate surface area is 157 Å². The summed E-state index contributed by atoms with van der Waals surface area (Å²) in [6.45, 7) is 5.92. The number of hydrogen-bond acceptors (Lipinski definition) is 5. The molecule has 27 heavy (non-hydrogen) atoms. The maximum Gasteiger partial charge on any atom is 0.142 e. The minimum absolute atomic E-state index is 0.444. The summed E-state index contributed by atoms with van der Waals surface area (Å²) in [7, 11) is 0. The molecule has 4 heterocycles. The third-order valence-corrected chi connectivity index (χ3v) is 5.95. The van der Waals surface area contributed by atoms with Gasteiger partial charge in [0, 0.05) is 19.3 Å². The fraction of sp³-hybridized carbons (Fsp3) is 0.350. The van der Waals surface area contributed by atoms with Gasteiger partial charge in [-0.05, 0) is 49.9 Å². The Morgan fingerprint density at radius 3 is 2.74 bits per heavy atom. The van der Waals surface area contributed by atoms with Gasteiger partial charge in [0.15, 0.2) is 0 Å². The summed E-state index contributed by atoms with van der Waals surface area (Å²) < 4.78 is 0. The van der Waals surface area contributed by atoms with Gasteiger partial charge in [-0.15, -0.1) is 0 Å². The minimum atomic E-state index is -0.444. The van der Waals surface area contributed by atoms with Crippen LogP contribution in [0.5, 0.6) is 0 Å². The maximum atomic E-state index is 6.81. The highest BCUT2D eigenvalue weighted by Crippen LogP contribution is 2.33. The zero-order valence-electron chi connectivity index (χ0n) is 15.6. The van der Waals surface area contributed by atoms with Crippen LogP contribution in [0.4, 0.5) is 5.82 Å². The number of rotatable bonds is 2. The van der Waals surface area contributed by atoms with Crippen molar-refractivity contribution in [3.05, 3.63) is 47.7 Å². The summed E-state index contributed by atoms with van der Waals surface area (Å²) in [6, 6.07) is 6.21. The van der Waals surface area contributed by atoms with E-state index < -0.39 is 5.54 Å². The largest absolute Gasteiger partial charge is 0.356 e. The van der Waals surface area contributed by atoms with Gasteiger partial charge in [0.2, 0.25) is 0 Å². The molecule has 0 amide bonds.